The van der Waals surface area contributed by atoms with Crippen LogP contribution in [0.3, 0.4) is 0 Å². The summed E-state index contributed by atoms with van der Waals surface area (Å²) in [6.45, 7) is 0.652. The molecule has 1 amide bonds. The largest absolute Gasteiger partial charge is 0.355 e. The van der Waals surface area contributed by atoms with Crippen molar-refractivity contribution in [2.45, 2.75) is 18.9 Å². The average molecular weight is 192 g/mol. The number of rotatable bonds is 0. The number of hydrogen-bond acceptors (Lipinski definition) is 2. The van der Waals surface area contributed by atoms with Gasteiger partial charge in [0.25, 0.3) is 0 Å². The van der Waals surface area contributed by atoms with Crippen molar-refractivity contribution in [1.29, 1.82) is 0 Å². The van der Waals surface area contributed by atoms with Gasteiger partial charge in [0.2, 0.25) is 5.91 Å². The Bertz CT molecular complexity index is 225. The Balaban J connectivity index is 0.000000146. The first-order valence-electron chi connectivity index (χ1n) is 4.81. The first kappa shape index (κ1) is 10.7. The standard InChI is InChI=1S/C6H6.C5H10N2O/c1-2-4-6-5-3-1;6-4-1-2-5(8)7-3-4/h1-6H;4H,1-3,6H2,(H,7,8)/t;4-/m.1/s1. The molecule has 1 aliphatic heterocycles. The molecule has 1 aliphatic rings. The maximum Gasteiger partial charge on any atom is 0.220 e. The molecule has 0 unspecified atom stereocenters. The SMILES string of the molecule is N[C@@H]1CCC(=O)NC1.c1ccccc1. The summed E-state index contributed by atoms with van der Waals surface area (Å²) in [4.78, 5) is 10.4. The normalized spacial score (nSPS) is 20.4. The number of piperidine rings is 1. The van der Waals surface area contributed by atoms with E-state index in [0.29, 0.717) is 13.0 Å². The summed E-state index contributed by atoms with van der Waals surface area (Å²) in [6.07, 6.45) is 1.44. The molecule has 1 aromatic rings. The first-order chi connectivity index (χ1) is 6.79. The number of carbonyl (C=O) groups excluding carboxylic acids is 1. The quantitative estimate of drug-likeness (QED) is 0.642. The second-order valence-corrected chi connectivity index (χ2v) is 3.26. The summed E-state index contributed by atoms with van der Waals surface area (Å²) in [5, 5.41) is 2.67. The number of hydrogen-bond donors (Lipinski definition) is 2. The Labute approximate surface area is 84.3 Å². The fourth-order valence-corrected chi connectivity index (χ4v) is 1.14. The van der Waals surface area contributed by atoms with Gasteiger partial charge in [-0.3, -0.25) is 4.79 Å². The zero-order valence-corrected chi connectivity index (χ0v) is 8.15. The molecule has 1 heterocycles. The maximum absolute atomic E-state index is 10.4. The van der Waals surface area contributed by atoms with Crippen LogP contribution < -0.4 is 11.1 Å². The van der Waals surface area contributed by atoms with Crippen molar-refractivity contribution in [3.63, 3.8) is 0 Å². The smallest absolute Gasteiger partial charge is 0.220 e. The topological polar surface area (TPSA) is 55.1 Å². The average Bonchev–Trinajstić information content (AvgIpc) is 2.26. The van der Waals surface area contributed by atoms with Gasteiger partial charge in [0.05, 0.1) is 0 Å². The van der Waals surface area contributed by atoms with E-state index in [1.54, 1.807) is 0 Å². The minimum atomic E-state index is 0.131. The highest BCUT2D eigenvalue weighted by molar-refractivity contribution is 5.76. The highest BCUT2D eigenvalue weighted by atomic mass is 16.1. The lowest BCUT2D eigenvalue weighted by molar-refractivity contribution is -0.122. The predicted octanol–water partition coefficient (Wildman–Crippen LogP) is 0.910. The summed E-state index contributed by atoms with van der Waals surface area (Å²) in [7, 11) is 0. The van der Waals surface area contributed by atoms with Crippen LogP contribution in [0.2, 0.25) is 0 Å². The minimum Gasteiger partial charge on any atom is -0.355 e. The van der Waals surface area contributed by atoms with E-state index in [4.69, 9.17) is 5.73 Å². The van der Waals surface area contributed by atoms with Crippen LogP contribution in [0.15, 0.2) is 36.4 Å². The van der Waals surface area contributed by atoms with Gasteiger partial charge in [0, 0.05) is 19.0 Å². The highest BCUT2D eigenvalue weighted by Crippen LogP contribution is 1.98. The molecule has 2 rings (SSSR count). The van der Waals surface area contributed by atoms with Crippen molar-refractivity contribution in [3.8, 4) is 0 Å². The van der Waals surface area contributed by atoms with Crippen molar-refractivity contribution in [1.82, 2.24) is 5.32 Å². The Morgan fingerprint density at radius 3 is 1.93 bits per heavy atom. The molecule has 0 spiro atoms. The third-order valence-electron chi connectivity index (χ3n) is 1.97. The molecule has 1 fully saturated rings. The fourth-order valence-electron chi connectivity index (χ4n) is 1.14. The highest BCUT2D eigenvalue weighted by Gasteiger charge is 2.12. The van der Waals surface area contributed by atoms with E-state index >= 15 is 0 Å². The van der Waals surface area contributed by atoms with Gasteiger partial charge in [-0.25, -0.2) is 0 Å². The Hall–Kier alpha value is -1.35. The third-order valence-corrected chi connectivity index (χ3v) is 1.97. The van der Waals surface area contributed by atoms with E-state index in [1.165, 1.54) is 0 Å². The number of amides is 1. The van der Waals surface area contributed by atoms with Crippen LogP contribution in [0.25, 0.3) is 0 Å². The first-order valence-corrected chi connectivity index (χ1v) is 4.81. The molecule has 0 bridgehead atoms. The Morgan fingerprint density at radius 2 is 1.64 bits per heavy atom. The van der Waals surface area contributed by atoms with Crippen LogP contribution in [0.1, 0.15) is 12.8 Å². The van der Waals surface area contributed by atoms with E-state index in [1.807, 2.05) is 36.4 Å². The molecule has 0 radical (unpaired) electrons. The van der Waals surface area contributed by atoms with Crippen LogP contribution in [-0.4, -0.2) is 18.5 Å². The molecule has 0 aromatic heterocycles. The third kappa shape index (κ3) is 4.62. The van der Waals surface area contributed by atoms with Crippen molar-refractivity contribution in [2.75, 3.05) is 6.54 Å². The molecule has 3 nitrogen and oxygen atoms in total. The molecular weight excluding hydrogens is 176 g/mol. The molecule has 1 aromatic carbocycles. The molecule has 1 saturated heterocycles. The summed E-state index contributed by atoms with van der Waals surface area (Å²) >= 11 is 0. The van der Waals surface area contributed by atoms with Gasteiger partial charge in [0.1, 0.15) is 0 Å². The zero-order chi connectivity index (χ0) is 10.2. The van der Waals surface area contributed by atoms with E-state index in [9.17, 15) is 4.79 Å². The molecule has 3 N–H and O–H groups in total. The van der Waals surface area contributed by atoms with Gasteiger partial charge in [-0.2, -0.15) is 0 Å². The maximum atomic E-state index is 10.4. The van der Waals surface area contributed by atoms with E-state index in [-0.39, 0.29) is 11.9 Å². The van der Waals surface area contributed by atoms with E-state index in [2.05, 4.69) is 5.32 Å². The summed E-state index contributed by atoms with van der Waals surface area (Å²) in [6, 6.07) is 12.2. The molecule has 76 valence electrons. The van der Waals surface area contributed by atoms with E-state index < -0.39 is 0 Å². The van der Waals surface area contributed by atoms with Crippen LogP contribution in [0.5, 0.6) is 0 Å². The second kappa shape index (κ2) is 6.16. The number of carbonyl (C=O) groups is 1. The van der Waals surface area contributed by atoms with Crippen molar-refractivity contribution >= 4 is 5.91 Å². The summed E-state index contributed by atoms with van der Waals surface area (Å²) in [5.74, 6) is 0.131. The lowest BCUT2D eigenvalue weighted by Crippen LogP contribution is -2.42. The lowest BCUT2D eigenvalue weighted by atomic mass is 10.1. The van der Waals surface area contributed by atoms with Crippen LogP contribution in [0, 0.1) is 0 Å². The molecule has 0 saturated carbocycles. The minimum absolute atomic E-state index is 0.131. The fraction of sp³-hybridized carbons (Fsp3) is 0.364. The monoisotopic (exact) mass is 192 g/mol. The van der Waals surface area contributed by atoms with Gasteiger partial charge < -0.3 is 11.1 Å². The molecule has 3 heteroatoms. The van der Waals surface area contributed by atoms with Gasteiger partial charge >= 0.3 is 0 Å². The molecular formula is C11H16N2O. The predicted molar refractivity (Wildman–Crippen MR) is 56.7 cm³/mol. The number of benzene rings is 1. The van der Waals surface area contributed by atoms with Crippen molar-refractivity contribution < 1.29 is 4.79 Å². The second-order valence-electron chi connectivity index (χ2n) is 3.26. The summed E-state index contributed by atoms with van der Waals surface area (Å²) in [5.41, 5.74) is 5.48. The van der Waals surface area contributed by atoms with E-state index in [0.717, 1.165) is 6.42 Å². The molecule has 14 heavy (non-hydrogen) atoms. The lowest BCUT2D eigenvalue weighted by Gasteiger charge is -2.17. The van der Waals surface area contributed by atoms with Gasteiger partial charge in [-0.05, 0) is 6.42 Å². The Kier molecular flexibility index (Phi) is 4.72. The molecule has 0 aliphatic carbocycles. The van der Waals surface area contributed by atoms with Gasteiger partial charge in [0.15, 0.2) is 0 Å². The van der Waals surface area contributed by atoms with Crippen LogP contribution in [-0.2, 0) is 4.79 Å². The van der Waals surface area contributed by atoms with Crippen molar-refractivity contribution in [3.05, 3.63) is 36.4 Å². The number of nitrogens with two attached hydrogens (primary N) is 1. The van der Waals surface area contributed by atoms with Crippen molar-refractivity contribution in [2.24, 2.45) is 5.73 Å². The van der Waals surface area contributed by atoms with Gasteiger partial charge in [-0.1, -0.05) is 36.4 Å². The van der Waals surface area contributed by atoms with Crippen LogP contribution in [0.4, 0.5) is 0 Å². The Morgan fingerprint density at radius 1 is 1.14 bits per heavy atom. The molecule has 1 atom stereocenters. The van der Waals surface area contributed by atoms with Gasteiger partial charge in [-0.15, -0.1) is 0 Å². The summed E-state index contributed by atoms with van der Waals surface area (Å²) < 4.78 is 0. The van der Waals surface area contributed by atoms with Crippen LogP contribution >= 0.6 is 0 Å². The zero-order valence-electron chi connectivity index (χ0n) is 8.15. The number of nitrogens with one attached hydrogen (secondary N) is 1.